The second-order valence-electron chi connectivity index (χ2n) is 4.24. The van der Waals surface area contributed by atoms with Gasteiger partial charge in [0.2, 0.25) is 0 Å². The fraction of sp³-hybridized carbons (Fsp3) is 0.417. The van der Waals surface area contributed by atoms with Gasteiger partial charge in [-0.05, 0) is 18.9 Å². The first-order chi connectivity index (χ1) is 9.16. The number of nitrogens with one attached hydrogen (secondary N) is 2. The predicted molar refractivity (Wildman–Crippen MR) is 69.1 cm³/mol. The molecule has 0 aromatic heterocycles. The van der Waals surface area contributed by atoms with Gasteiger partial charge in [0, 0.05) is 19.2 Å². The first kappa shape index (κ1) is 13.3. The van der Waals surface area contributed by atoms with Crippen molar-refractivity contribution < 1.29 is 14.5 Å². The van der Waals surface area contributed by atoms with Crippen LogP contribution >= 0.6 is 0 Å². The van der Waals surface area contributed by atoms with Crippen LogP contribution in [0.5, 0.6) is 0 Å². The normalized spacial score (nSPS) is 18.0. The highest BCUT2D eigenvalue weighted by Gasteiger charge is 2.18. The third-order valence-electron chi connectivity index (χ3n) is 2.86. The van der Waals surface area contributed by atoms with Crippen molar-refractivity contribution in [1.29, 1.82) is 0 Å². The Morgan fingerprint density at radius 1 is 1.47 bits per heavy atom. The minimum Gasteiger partial charge on any atom is -0.376 e. The second kappa shape index (κ2) is 6.14. The fourth-order valence-electron chi connectivity index (χ4n) is 1.92. The van der Waals surface area contributed by atoms with Crippen molar-refractivity contribution in [3.63, 3.8) is 0 Å². The van der Waals surface area contributed by atoms with Crippen LogP contribution in [-0.4, -0.2) is 30.2 Å². The maximum Gasteiger partial charge on any atom is 0.319 e. The molecule has 19 heavy (non-hydrogen) atoms. The molecule has 1 aliphatic rings. The monoisotopic (exact) mass is 265 g/mol. The van der Waals surface area contributed by atoms with Crippen molar-refractivity contribution >= 4 is 17.4 Å². The number of para-hydroxylation sites is 2. The first-order valence-electron chi connectivity index (χ1n) is 6.06. The van der Waals surface area contributed by atoms with Crippen molar-refractivity contribution in [2.45, 2.75) is 18.9 Å². The maximum absolute atomic E-state index is 11.6. The number of hydrogen-bond acceptors (Lipinski definition) is 4. The molecule has 2 rings (SSSR count). The van der Waals surface area contributed by atoms with E-state index in [9.17, 15) is 14.9 Å². The lowest BCUT2D eigenvalue weighted by Crippen LogP contribution is -2.35. The zero-order chi connectivity index (χ0) is 13.7. The summed E-state index contributed by atoms with van der Waals surface area (Å²) in [7, 11) is 0. The number of ether oxygens (including phenoxy) is 1. The quantitative estimate of drug-likeness (QED) is 0.642. The van der Waals surface area contributed by atoms with E-state index in [1.807, 2.05) is 0 Å². The zero-order valence-electron chi connectivity index (χ0n) is 10.3. The molecule has 2 amide bonds. The second-order valence-corrected chi connectivity index (χ2v) is 4.24. The molecule has 0 saturated carbocycles. The van der Waals surface area contributed by atoms with Gasteiger partial charge in [-0.2, -0.15) is 0 Å². The summed E-state index contributed by atoms with van der Waals surface area (Å²) in [6, 6.07) is 5.54. The van der Waals surface area contributed by atoms with Crippen molar-refractivity contribution in [2.75, 3.05) is 18.5 Å². The zero-order valence-corrected chi connectivity index (χ0v) is 10.3. The highest BCUT2D eigenvalue weighted by atomic mass is 16.6. The van der Waals surface area contributed by atoms with Crippen LogP contribution in [0.25, 0.3) is 0 Å². The van der Waals surface area contributed by atoms with Crippen molar-refractivity contribution in [2.24, 2.45) is 0 Å². The molecule has 7 heteroatoms. The smallest absolute Gasteiger partial charge is 0.319 e. The Balaban J connectivity index is 1.89. The van der Waals surface area contributed by atoms with Gasteiger partial charge in [-0.1, -0.05) is 12.1 Å². The number of hydrogen-bond donors (Lipinski definition) is 2. The summed E-state index contributed by atoms with van der Waals surface area (Å²) in [6.45, 7) is 1.13. The summed E-state index contributed by atoms with van der Waals surface area (Å²) in [5.41, 5.74) is 0.0482. The van der Waals surface area contributed by atoms with Gasteiger partial charge in [0.1, 0.15) is 5.69 Å². The van der Waals surface area contributed by atoms with Crippen molar-refractivity contribution in [1.82, 2.24) is 5.32 Å². The van der Waals surface area contributed by atoms with Crippen LogP contribution in [0, 0.1) is 10.1 Å². The van der Waals surface area contributed by atoms with Gasteiger partial charge in [0.25, 0.3) is 5.69 Å². The Bertz CT molecular complexity index is 472. The van der Waals surface area contributed by atoms with E-state index in [1.54, 1.807) is 12.1 Å². The van der Waals surface area contributed by atoms with Crippen molar-refractivity contribution in [3.05, 3.63) is 34.4 Å². The van der Waals surface area contributed by atoms with Crippen LogP contribution in [0.2, 0.25) is 0 Å². The number of benzene rings is 1. The lowest BCUT2D eigenvalue weighted by Gasteiger charge is -2.11. The number of carbonyl (C=O) groups excluding carboxylic acids is 1. The van der Waals surface area contributed by atoms with E-state index < -0.39 is 11.0 Å². The number of urea groups is 1. The van der Waals surface area contributed by atoms with Gasteiger partial charge in [0.15, 0.2) is 0 Å². The number of amides is 2. The van der Waals surface area contributed by atoms with Crippen LogP contribution in [0.15, 0.2) is 24.3 Å². The van der Waals surface area contributed by atoms with Crippen LogP contribution in [-0.2, 0) is 4.74 Å². The number of nitro benzene ring substituents is 1. The predicted octanol–water partition coefficient (Wildman–Crippen LogP) is 1.90. The minimum absolute atomic E-state index is 0.0384. The van der Waals surface area contributed by atoms with E-state index >= 15 is 0 Å². The molecule has 1 saturated heterocycles. The molecule has 0 radical (unpaired) electrons. The summed E-state index contributed by atoms with van der Waals surface area (Å²) in [5.74, 6) is 0. The standard InChI is InChI=1S/C12H15N3O4/c16-12(13-8-9-4-3-7-19-9)14-10-5-1-2-6-11(10)15(17)18/h1-2,5-6,9H,3-4,7-8H2,(H2,13,14,16). The third-order valence-corrected chi connectivity index (χ3v) is 2.86. The highest BCUT2D eigenvalue weighted by Crippen LogP contribution is 2.22. The summed E-state index contributed by atoms with van der Waals surface area (Å²) in [5, 5.41) is 15.9. The molecule has 2 N–H and O–H groups in total. The topological polar surface area (TPSA) is 93.5 Å². The van der Waals surface area contributed by atoms with E-state index in [0.29, 0.717) is 6.54 Å². The molecule has 1 aromatic carbocycles. The average Bonchev–Trinajstić information content (AvgIpc) is 2.90. The Labute approximate surface area is 110 Å². The molecule has 1 aliphatic heterocycles. The van der Waals surface area contributed by atoms with Gasteiger partial charge >= 0.3 is 6.03 Å². The van der Waals surface area contributed by atoms with E-state index in [-0.39, 0.29) is 17.5 Å². The molecular weight excluding hydrogens is 250 g/mol. The van der Waals surface area contributed by atoms with Crippen molar-refractivity contribution in [3.8, 4) is 0 Å². The van der Waals surface area contributed by atoms with Gasteiger partial charge < -0.3 is 15.4 Å². The molecular formula is C12H15N3O4. The summed E-state index contributed by atoms with van der Waals surface area (Å²) in [6.07, 6.45) is 1.96. The molecule has 1 heterocycles. The Kier molecular flexibility index (Phi) is 4.30. The van der Waals surface area contributed by atoms with E-state index in [2.05, 4.69) is 10.6 Å². The number of nitrogens with zero attached hydrogens (tertiary/aromatic N) is 1. The lowest BCUT2D eigenvalue weighted by atomic mass is 10.2. The molecule has 0 spiro atoms. The Hall–Kier alpha value is -2.15. The van der Waals surface area contributed by atoms with Gasteiger partial charge in [-0.25, -0.2) is 4.79 Å². The molecule has 1 atom stereocenters. The SMILES string of the molecule is O=C(NCC1CCCO1)Nc1ccccc1[N+](=O)[O-]. The summed E-state index contributed by atoms with van der Waals surface area (Å²) in [4.78, 5) is 21.9. The van der Waals surface area contributed by atoms with E-state index in [0.717, 1.165) is 19.4 Å². The van der Waals surface area contributed by atoms with Gasteiger partial charge in [-0.3, -0.25) is 10.1 Å². The van der Waals surface area contributed by atoms with Gasteiger partial charge in [-0.15, -0.1) is 0 Å². The summed E-state index contributed by atoms with van der Waals surface area (Å²) < 4.78 is 5.36. The molecule has 1 aromatic rings. The number of rotatable bonds is 4. The molecule has 102 valence electrons. The molecule has 1 fully saturated rings. The number of carbonyl (C=O) groups is 1. The Morgan fingerprint density at radius 3 is 2.95 bits per heavy atom. The molecule has 1 unspecified atom stereocenters. The number of nitro groups is 1. The van der Waals surface area contributed by atoms with Crippen LogP contribution in [0.3, 0.4) is 0 Å². The molecule has 0 aliphatic carbocycles. The largest absolute Gasteiger partial charge is 0.376 e. The van der Waals surface area contributed by atoms with Gasteiger partial charge in [0.05, 0.1) is 11.0 Å². The number of anilines is 1. The average molecular weight is 265 g/mol. The first-order valence-corrected chi connectivity index (χ1v) is 6.06. The van der Waals surface area contributed by atoms with Crippen LogP contribution < -0.4 is 10.6 Å². The Morgan fingerprint density at radius 2 is 2.26 bits per heavy atom. The van der Waals surface area contributed by atoms with Crippen LogP contribution in [0.4, 0.5) is 16.2 Å². The lowest BCUT2D eigenvalue weighted by molar-refractivity contribution is -0.383. The molecule has 0 bridgehead atoms. The highest BCUT2D eigenvalue weighted by molar-refractivity contribution is 5.91. The van der Waals surface area contributed by atoms with E-state index in [4.69, 9.17) is 4.74 Å². The minimum atomic E-state index is -0.532. The third kappa shape index (κ3) is 3.65. The maximum atomic E-state index is 11.6. The fourth-order valence-corrected chi connectivity index (χ4v) is 1.92. The summed E-state index contributed by atoms with van der Waals surface area (Å²) >= 11 is 0. The molecule has 7 nitrogen and oxygen atoms in total. The van der Waals surface area contributed by atoms with Crippen LogP contribution in [0.1, 0.15) is 12.8 Å². The van der Waals surface area contributed by atoms with E-state index in [1.165, 1.54) is 12.1 Å².